The fraction of sp³-hybridized carbons (Fsp3) is 0.200. The zero-order valence-corrected chi connectivity index (χ0v) is 14.2. The molecule has 0 aliphatic heterocycles. The first-order valence-corrected chi connectivity index (χ1v) is 6.63. The van der Waals surface area contributed by atoms with Crippen LogP contribution in [-0.2, 0) is 17.8 Å². The number of hydrogen-bond acceptors (Lipinski definition) is 4. The van der Waals surface area contributed by atoms with Gasteiger partial charge < -0.3 is 16.8 Å². The molecule has 1 atom stereocenters. The monoisotopic (exact) mass is 378 g/mol. The summed E-state index contributed by atoms with van der Waals surface area (Å²) in [7, 11) is 0. The van der Waals surface area contributed by atoms with E-state index in [9.17, 15) is 13.6 Å². The smallest absolute Gasteiger partial charge is 0.237 e. The molecule has 0 radical (unpaired) electrons. The highest BCUT2D eigenvalue weighted by Crippen LogP contribution is 2.10. The Bertz CT molecular complexity index is 671. The van der Waals surface area contributed by atoms with Gasteiger partial charge >= 0.3 is 0 Å². The number of rotatable bonds is 5. The van der Waals surface area contributed by atoms with Gasteiger partial charge in [-0.3, -0.25) is 4.79 Å². The van der Waals surface area contributed by atoms with Gasteiger partial charge in [-0.25, -0.2) is 13.8 Å². The fourth-order valence-electron chi connectivity index (χ4n) is 1.87. The lowest BCUT2D eigenvalue weighted by atomic mass is 10.1. The Morgan fingerprint density at radius 1 is 1.12 bits per heavy atom. The van der Waals surface area contributed by atoms with Gasteiger partial charge in [-0.2, -0.15) is 0 Å². The number of nitrogens with one attached hydrogen (secondary N) is 1. The van der Waals surface area contributed by atoms with Crippen molar-refractivity contribution in [1.29, 1.82) is 0 Å². The minimum Gasteiger partial charge on any atom is -0.384 e. The fourth-order valence-corrected chi connectivity index (χ4v) is 1.87. The molecule has 0 saturated carbocycles. The molecule has 9 heteroatoms. The standard InChI is InChI=1S/C15H16F2N4O.2ClH/c16-11-3-1-9(5-12(11)17)6-13(18)15(22)21-8-10-2-4-14(19)20-7-10;;/h1-5,7,13H,6,8,18H2,(H2,19,20)(H,21,22);2*1H/t13-;;/m0../s1. The van der Waals surface area contributed by atoms with E-state index in [1.54, 1.807) is 18.3 Å². The van der Waals surface area contributed by atoms with Crippen molar-refractivity contribution in [3.8, 4) is 0 Å². The van der Waals surface area contributed by atoms with E-state index in [-0.39, 0.29) is 43.7 Å². The molecular weight excluding hydrogens is 361 g/mol. The van der Waals surface area contributed by atoms with Crippen molar-refractivity contribution >= 4 is 36.5 Å². The largest absolute Gasteiger partial charge is 0.384 e. The minimum absolute atomic E-state index is 0. The summed E-state index contributed by atoms with van der Waals surface area (Å²) in [6.07, 6.45) is 1.67. The van der Waals surface area contributed by atoms with E-state index in [2.05, 4.69) is 10.3 Å². The van der Waals surface area contributed by atoms with Crippen molar-refractivity contribution in [3.05, 3.63) is 59.3 Å². The van der Waals surface area contributed by atoms with Gasteiger partial charge in [0.1, 0.15) is 5.82 Å². The van der Waals surface area contributed by atoms with Crippen molar-refractivity contribution in [1.82, 2.24) is 10.3 Å². The van der Waals surface area contributed by atoms with E-state index in [0.717, 1.165) is 17.7 Å². The highest BCUT2D eigenvalue weighted by molar-refractivity contribution is 5.85. The Morgan fingerprint density at radius 2 is 1.79 bits per heavy atom. The lowest BCUT2D eigenvalue weighted by molar-refractivity contribution is -0.122. The first-order chi connectivity index (χ1) is 10.5. The Kier molecular flexibility index (Phi) is 9.20. The van der Waals surface area contributed by atoms with Crippen LogP contribution >= 0.6 is 24.8 Å². The highest BCUT2D eigenvalue weighted by Gasteiger charge is 2.15. The van der Waals surface area contributed by atoms with Crippen molar-refractivity contribution < 1.29 is 13.6 Å². The minimum atomic E-state index is -0.960. The molecular formula is C15H18Cl2F2N4O. The summed E-state index contributed by atoms with van der Waals surface area (Å²) in [5, 5.41) is 2.65. The van der Waals surface area contributed by atoms with Crippen LogP contribution in [0.1, 0.15) is 11.1 Å². The summed E-state index contributed by atoms with van der Waals surface area (Å²) in [5.41, 5.74) is 12.5. The molecule has 0 fully saturated rings. The lowest BCUT2D eigenvalue weighted by Crippen LogP contribution is -2.41. The van der Waals surface area contributed by atoms with Crippen molar-refractivity contribution in [2.24, 2.45) is 5.73 Å². The van der Waals surface area contributed by atoms with Crippen molar-refractivity contribution in [2.45, 2.75) is 19.0 Å². The van der Waals surface area contributed by atoms with Crippen LogP contribution in [0.5, 0.6) is 0 Å². The second-order valence-electron chi connectivity index (χ2n) is 4.87. The molecule has 24 heavy (non-hydrogen) atoms. The third-order valence-corrected chi connectivity index (χ3v) is 3.09. The highest BCUT2D eigenvalue weighted by atomic mass is 35.5. The van der Waals surface area contributed by atoms with Gasteiger partial charge in [0, 0.05) is 12.7 Å². The van der Waals surface area contributed by atoms with Crippen molar-refractivity contribution in [2.75, 3.05) is 5.73 Å². The number of nitrogens with zero attached hydrogens (tertiary/aromatic N) is 1. The number of amides is 1. The molecule has 0 unspecified atom stereocenters. The van der Waals surface area contributed by atoms with Crippen LogP contribution in [0.3, 0.4) is 0 Å². The van der Waals surface area contributed by atoms with Gasteiger partial charge in [0.2, 0.25) is 5.91 Å². The van der Waals surface area contributed by atoms with Crippen LogP contribution < -0.4 is 16.8 Å². The van der Waals surface area contributed by atoms with Crippen LogP contribution in [0.15, 0.2) is 36.5 Å². The number of carbonyl (C=O) groups excluding carboxylic acids is 1. The molecule has 1 aromatic heterocycles. The second kappa shape index (κ2) is 10.0. The molecule has 0 aliphatic rings. The van der Waals surface area contributed by atoms with Gasteiger partial charge in [0.25, 0.3) is 0 Å². The predicted octanol–water partition coefficient (Wildman–Crippen LogP) is 1.97. The molecule has 5 N–H and O–H groups in total. The Labute approximate surface area is 150 Å². The molecule has 0 spiro atoms. The van der Waals surface area contributed by atoms with E-state index >= 15 is 0 Å². The van der Waals surface area contributed by atoms with E-state index in [0.29, 0.717) is 11.4 Å². The van der Waals surface area contributed by atoms with E-state index in [1.807, 2.05) is 0 Å². The van der Waals surface area contributed by atoms with Gasteiger partial charge in [-0.1, -0.05) is 12.1 Å². The van der Waals surface area contributed by atoms with Gasteiger partial charge in [0.15, 0.2) is 11.6 Å². The number of nitrogen functional groups attached to an aromatic ring is 1. The van der Waals surface area contributed by atoms with Gasteiger partial charge in [-0.15, -0.1) is 24.8 Å². The Morgan fingerprint density at radius 3 is 2.38 bits per heavy atom. The second-order valence-corrected chi connectivity index (χ2v) is 4.87. The van der Waals surface area contributed by atoms with Crippen LogP contribution in [0.4, 0.5) is 14.6 Å². The third kappa shape index (κ3) is 6.27. The van der Waals surface area contributed by atoms with E-state index < -0.39 is 17.7 Å². The molecule has 2 aromatic rings. The number of aromatic nitrogens is 1. The maximum atomic E-state index is 13.1. The molecule has 0 aliphatic carbocycles. The molecule has 0 bridgehead atoms. The zero-order chi connectivity index (χ0) is 16.1. The summed E-state index contributed by atoms with van der Waals surface area (Å²) >= 11 is 0. The maximum Gasteiger partial charge on any atom is 0.237 e. The molecule has 0 saturated heterocycles. The molecule has 1 amide bonds. The summed E-state index contributed by atoms with van der Waals surface area (Å²) in [6.45, 7) is 0.262. The summed E-state index contributed by atoms with van der Waals surface area (Å²) < 4.78 is 25.9. The number of pyridine rings is 1. The summed E-state index contributed by atoms with van der Waals surface area (Å²) in [6, 6.07) is 5.95. The quantitative estimate of drug-likeness (QED) is 0.741. The number of hydrogen-bond donors (Lipinski definition) is 3. The predicted molar refractivity (Wildman–Crippen MR) is 93.0 cm³/mol. The number of halogens is 4. The van der Waals surface area contributed by atoms with Crippen molar-refractivity contribution in [3.63, 3.8) is 0 Å². The van der Waals surface area contributed by atoms with Gasteiger partial charge in [-0.05, 0) is 35.7 Å². The number of anilines is 1. The van der Waals surface area contributed by atoms with Crippen LogP contribution in [-0.4, -0.2) is 16.9 Å². The maximum absolute atomic E-state index is 13.1. The van der Waals surface area contributed by atoms with Crippen LogP contribution in [0.2, 0.25) is 0 Å². The number of benzene rings is 1. The van der Waals surface area contributed by atoms with Gasteiger partial charge in [0.05, 0.1) is 6.04 Å². The average Bonchev–Trinajstić information content (AvgIpc) is 2.50. The first-order valence-electron chi connectivity index (χ1n) is 6.63. The first kappa shape index (κ1) is 22.0. The molecule has 1 heterocycles. The number of nitrogens with two attached hydrogens (primary N) is 2. The Balaban J connectivity index is 0.00000264. The third-order valence-electron chi connectivity index (χ3n) is 3.09. The average molecular weight is 379 g/mol. The van der Waals surface area contributed by atoms with E-state index in [1.165, 1.54) is 6.07 Å². The molecule has 132 valence electrons. The summed E-state index contributed by atoms with van der Waals surface area (Å²) in [4.78, 5) is 15.8. The molecule has 2 rings (SSSR count). The normalized spacial score (nSPS) is 11.0. The lowest BCUT2D eigenvalue weighted by Gasteiger charge is -2.12. The topological polar surface area (TPSA) is 94.0 Å². The molecule has 5 nitrogen and oxygen atoms in total. The summed E-state index contributed by atoms with van der Waals surface area (Å²) in [5.74, 6) is -1.89. The Hall–Kier alpha value is -1.96. The van der Waals surface area contributed by atoms with Crippen LogP contribution in [0, 0.1) is 11.6 Å². The van der Waals surface area contributed by atoms with Crippen LogP contribution in [0.25, 0.3) is 0 Å². The molecule has 1 aromatic carbocycles. The van der Waals surface area contributed by atoms with E-state index in [4.69, 9.17) is 11.5 Å². The SMILES string of the molecule is Cl.Cl.Nc1ccc(CNC(=O)[C@@H](N)Cc2ccc(F)c(F)c2)cn1. The zero-order valence-electron chi connectivity index (χ0n) is 12.5. The number of carbonyl (C=O) groups is 1.